The van der Waals surface area contributed by atoms with E-state index in [1.54, 1.807) is 32.0 Å². The largest absolute Gasteiger partial charge is 0.384 e. The van der Waals surface area contributed by atoms with E-state index in [2.05, 4.69) is 10.2 Å². The minimum atomic E-state index is -0.985. The molecule has 0 amide bonds. The van der Waals surface area contributed by atoms with E-state index < -0.39 is 5.60 Å². The highest BCUT2D eigenvalue weighted by Crippen LogP contribution is 2.26. The molecule has 0 saturated heterocycles. The summed E-state index contributed by atoms with van der Waals surface area (Å²) in [5.41, 5.74) is 0.959. The van der Waals surface area contributed by atoms with Crippen LogP contribution < -0.4 is 0 Å². The first kappa shape index (κ1) is 9.86. The smallest absolute Gasteiger partial charge is 0.150 e. The Kier molecular flexibility index (Phi) is 2.08. The van der Waals surface area contributed by atoms with Crippen LogP contribution in [0.4, 0.5) is 0 Å². The van der Waals surface area contributed by atoms with Gasteiger partial charge >= 0.3 is 0 Å². The second-order valence-electron chi connectivity index (χ2n) is 4.05. The molecule has 1 aromatic heterocycles. The van der Waals surface area contributed by atoms with Gasteiger partial charge in [0, 0.05) is 10.9 Å². The molecule has 2 N–H and O–H groups in total. The Bertz CT molecular complexity index is 509. The van der Waals surface area contributed by atoms with Crippen molar-refractivity contribution in [2.45, 2.75) is 19.4 Å². The Hall–Kier alpha value is -1.68. The fraction of sp³-hybridized carbons (Fsp3) is 0.273. The summed E-state index contributed by atoms with van der Waals surface area (Å²) in [6.45, 7) is 3.35. The molecule has 1 aromatic carbocycles. The van der Waals surface area contributed by atoms with Crippen molar-refractivity contribution in [1.82, 2.24) is 10.2 Å². The van der Waals surface area contributed by atoms with Crippen LogP contribution in [0.5, 0.6) is 0 Å². The van der Waals surface area contributed by atoms with Crippen LogP contribution in [-0.2, 0) is 5.60 Å². The lowest BCUT2D eigenvalue weighted by molar-refractivity contribution is 0.0753. The number of nitrogens with zero attached hydrogens (tertiary/aromatic N) is 1. The van der Waals surface area contributed by atoms with Gasteiger partial charge in [-0.2, -0.15) is 5.10 Å². The normalized spacial score (nSPS) is 11.9. The van der Waals surface area contributed by atoms with E-state index in [4.69, 9.17) is 0 Å². The van der Waals surface area contributed by atoms with Crippen LogP contribution in [0, 0.1) is 0 Å². The van der Waals surface area contributed by atoms with Gasteiger partial charge in [0.15, 0.2) is 0 Å². The lowest BCUT2D eigenvalue weighted by Crippen LogP contribution is -2.16. The molecule has 0 spiro atoms. The number of rotatable bonds is 2. The van der Waals surface area contributed by atoms with E-state index in [-0.39, 0.29) is 0 Å². The summed E-state index contributed by atoms with van der Waals surface area (Å²) in [5.74, 6) is 0. The van der Waals surface area contributed by atoms with Gasteiger partial charge in [0.1, 0.15) is 17.6 Å². The van der Waals surface area contributed by atoms with E-state index in [0.29, 0.717) is 11.3 Å². The summed E-state index contributed by atoms with van der Waals surface area (Å²) in [7, 11) is 0. The minimum absolute atomic E-state index is 0.591. The third-order valence-electron chi connectivity index (χ3n) is 2.30. The Balaban J connectivity index is 2.67. The van der Waals surface area contributed by atoms with Crippen molar-refractivity contribution < 1.29 is 9.90 Å². The molecule has 4 heteroatoms. The predicted octanol–water partition coefficient (Wildman–Crippen LogP) is 1.60. The van der Waals surface area contributed by atoms with Crippen LogP contribution in [0.1, 0.15) is 29.9 Å². The molecular weight excluding hydrogens is 192 g/mol. The number of hydrogen-bond acceptors (Lipinski definition) is 3. The van der Waals surface area contributed by atoms with Crippen LogP contribution in [0.2, 0.25) is 0 Å². The van der Waals surface area contributed by atoms with Crippen molar-refractivity contribution in [1.29, 1.82) is 0 Å². The van der Waals surface area contributed by atoms with Gasteiger partial charge in [-0.3, -0.25) is 9.89 Å². The first-order valence-corrected chi connectivity index (χ1v) is 4.68. The molecule has 0 aliphatic rings. The number of carbonyl (C=O) groups excluding carboxylic acids is 1. The van der Waals surface area contributed by atoms with Crippen LogP contribution in [0.25, 0.3) is 10.9 Å². The van der Waals surface area contributed by atoms with E-state index in [9.17, 15) is 9.90 Å². The van der Waals surface area contributed by atoms with Crippen molar-refractivity contribution in [2.75, 3.05) is 0 Å². The molecule has 2 aromatic rings. The first-order chi connectivity index (χ1) is 7.02. The Labute approximate surface area is 86.9 Å². The second-order valence-corrected chi connectivity index (χ2v) is 4.05. The van der Waals surface area contributed by atoms with Gasteiger partial charge in [-0.1, -0.05) is 12.1 Å². The molecule has 0 aliphatic heterocycles. The fourth-order valence-electron chi connectivity index (χ4n) is 1.58. The maximum absolute atomic E-state index is 10.6. The number of nitrogens with one attached hydrogen (secondary N) is 1. The molecule has 0 fully saturated rings. The van der Waals surface area contributed by atoms with Crippen molar-refractivity contribution in [2.24, 2.45) is 0 Å². The third kappa shape index (κ3) is 1.64. The molecule has 0 radical (unpaired) electrons. The molecule has 2 rings (SSSR count). The lowest BCUT2D eigenvalue weighted by Gasteiger charge is -2.13. The van der Waals surface area contributed by atoms with Gasteiger partial charge in [-0.25, -0.2) is 0 Å². The average Bonchev–Trinajstić information content (AvgIpc) is 2.59. The molecule has 0 aliphatic carbocycles. The number of aromatic amines is 1. The topological polar surface area (TPSA) is 66.0 Å². The SMILES string of the molecule is CC(C)(O)c1n[nH]c2cc(C=O)ccc12. The van der Waals surface area contributed by atoms with Crippen LogP contribution in [-0.4, -0.2) is 21.6 Å². The Morgan fingerprint density at radius 2 is 2.20 bits per heavy atom. The summed E-state index contributed by atoms with van der Waals surface area (Å²) in [4.78, 5) is 10.6. The summed E-state index contributed by atoms with van der Waals surface area (Å²) in [5, 5.41) is 17.5. The van der Waals surface area contributed by atoms with Gasteiger partial charge in [-0.05, 0) is 19.9 Å². The third-order valence-corrected chi connectivity index (χ3v) is 2.30. The molecular formula is C11H12N2O2. The quantitative estimate of drug-likeness (QED) is 0.730. The Morgan fingerprint density at radius 3 is 2.80 bits per heavy atom. The zero-order valence-corrected chi connectivity index (χ0v) is 8.61. The summed E-state index contributed by atoms with van der Waals surface area (Å²) < 4.78 is 0. The molecule has 4 nitrogen and oxygen atoms in total. The first-order valence-electron chi connectivity index (χ1n) is 4.68. The molecule has 0 saturated carbocycles. The monoisotopic (exact) mass is 204 g/mol. The lowest BCUT2D eigenvalue weighted by atomic mass is 10.0. The van der Waals surface area contributed by atoms with Crippen molar-refractivity contribution in [3.63, 3.8) is 0 Å². The summed E-state index contributed by atoms with van der Waals surface area (Å²) >= 11 is 0. The number of fused-ring (bicyclic) bond motifs is 1. The highest BCUT2D eigenvalue weighted by atomic mass is 16.3. The number of aldehydes is 1. The number of carbonyl (C=O) groups is 1. The van der Waals surface area contributed by atoms with E-state index in [1.807, 2.05) is 0 Å². The maximum Gasteiger partial charge on any atom is 0.150 e. The van der Waals surface area contributed by atoms with Gasteiger partial charge < -0.3 is 5.11 Å². The zero-order valence-electron chi connectivity index (χ0n) is 8.61. The highest BCUT2D eigenvalue weighted by molar-refractivity contribution is 5.88. The van der Waals surface area contributed by atoms with E-state index in [1.165, 1.54) is 0 Å². The van der Waals surface area contributed by atoms with Crippen LogP contribution in [0.3, 0.4) is 0 Å². The minimum Gasteiger partial charge on any atom is -0.384 e. The van der Waals surface area contributed by atoms with Crippen LogP contribution >= 0.6 is 0 Å². The second kappa shape index (κ2) is 3.17. The molecule has 0 unspecified atom stereocenters. The summed E-state index contributed by atoms with van der Waals surface area (Å²) in [6.07, 6.45) is 0.782. The molecule has 1 heterocycles. The zero-order chi connectivity index (χ0) is 11.1. The van der Waals surface area contributed by atoms with Crippen molar-refractivity contribution in [3.05, 3.63) is 29.5 Å². The standard InChI is InChI=1S/C11H12N2O2/c1-11(2,15)10-8-4-3-7(6-14)5-9(8)12-13-10/h3-6,15H,1-2H3,(H,12,13). The predicted molar refractivity (Wildman–Crippen MR) is 56.7 cm³/mol. The Morgan fingerprint density at radius 1 is 1.47 bits per heavy atom. The number of hydrogen-bond donors (Lipinski definition) is 2. The number of benzene rings is 1. The average molecular weight is 204 g/mol. The van der Waals surface area contributed by atoms with Gasteiger partial charge in [0.25, 0.3) is 0 Å². The number of aromatic nitrogens is 2. The van der Waals surface area contributed by atoms with Gasteiger partial charge in [0.05, 0.1) is 5.52 Å². The molecule has 15 heavy (non-hydrogen) atoms. The van der Waals surface area contributed by atoms with E-state index >= 15 is 0 Å². The number of H-pyrrole nitrogens is 1. The fourth-order valence-corrected chi connectivity index (χ4v) is 1.58. The molecule has 78 valence electrons. The van der Waals surface area contributed by atoms with Crippen molar-refractivity contribution >= 4 is 17.2 Å². The summed E-state index contributed by atoms with van der Waals surface area (Å²) in [6, 6.07) is 5.21. The highest BCUT2D eigenvalue weighted by Gasteiger charge is 2.22. The van der Waals surface area contributed by atoms with Crippen molar-refractivity contribution in [3.8, 4) is 0 Å². The molecule has 0 atom stereocenters. The van der Waals surface area contributed by atoms with Gasteiger partial charge in [-0.15, -0.1) is 0 Å². The molecule has 0 bridgehead atoms. The van der Waals surface area contributed by atoms with Gasteiger partial charge in [0.2, 0.25) is 0 Å². The number of aliphatic hydroxyl groups is 1. The van der Waals surface area contributed by atoms with E-state index in [0.717, 1.165) is 17.2 Å². The van der Waals surface area contributed by atoms with Crippen LogP contribution in [0.15, 0.2) is 18.2 Å². The maximum atomic E-state index is 10.6.